The van der Waals surface area contributed by atoms with Gasteiger partial charge in [-0.25, -0.2) is 0 Å². The van der Waals surface area contributed by atoms with Crippen LogP contribution in [-0.4, -0.2) is 20.4 Å². The van der Waals surface area contributed by atoms with Crippen LogP contribution < -0.4 is 31.1 Å². The molecular weight excluding hydrogens is 1460 g/mol. The lowest BCUT2D eigenvalue weighted by Crippen LogP contribution is -2.61. The van der Waals surface area contributed by atoms with Crippen LogP contribution in [0.15, 0.2) is 388 Å². The minimum absolute atomic E-state index is 0.122. The highest BCUT2D eigenvalue weighted by Crippen LogP contribution is 2.55. The van der Waals surface area contributed by atoms with E-state index in [1.165, 1.54) is 76.4 Å². The second-order valence-corrected chi connectivity index (χ2v) is 36.1. The number of hydrogen-bond donors (Lipinski definition) is 0. The summed E-state index contributed by atoms with van der Waals surface area (Å²) in [6.45, 7) is 20.8. The normalized spacial score (nSPS) is 12.8. The molecule has 0 saturated heterocycles. The van der Waals surface area contributed by atoms with Crippen molar-refractivity contribution in [1.82, 2.24) is 13.7 Å². The molecule has 0 atom stereocenters. The number of fused-ring (bicyclic) bond motifs is 13. The van der Waals surface area contributed by atoms with Gasteiger partial charge < -0.3 is 28.4 Å². The molecule has 6 nitrogen and oxygen atoms in total. The predicted molar refractivity (Wildman–Crippen MR) is 516 cm³/mol. The molecule has 0 saturated carbocycles. The van der Waals surface area contributed by atoms with Crippen molar-refractivity contribution >= 4 is 140 Å². The van der Waals surface area contributed by atoms with E-state index in [0.29, 0.717) is 0 Å². The fourth-order valence-electron chi connectivity index (χ4n) is 19.6. The van der Waals surface area contributed by atoms with E-state index in [9.17, 15) is 0 Å². The fraction of sp³-hybridized carbons (Fsp3) is 0.105. The Hall–Kier alpha value is -14.4. The third-order valence-corrected chi connectivity index (χ3v) is 25.6. The summed E-state index contributed by atoms with van der Waals surface area (Å²) >= 11 is 0. The number of hydrogen-bond acceptors (Lipinski definition) is 3. The third kappa shape index (κ3) is 12.1. The van der Waals surface area contributed by atoms with Gasteiger partial charge in [-0.15, -0.1) is 0 Å². The Kier molecular flexibility index (Phi) is 17.0. The number of benzene rings is 17. The van der Waals surface area contributed by atoms with Crippen LogP contribution in [-0.2, 0) is 16.2 Å². The van der Waals surface area contributed by atoms with Crippen LogP contribution in [0, 0.1) is 0 Å². The lowest BCUT2D eigenvalue weighted by Gasteiger charge is -2.46. The quantitative estimate of drug-likeness (QED) is 0.114. The lowest BCUT2D eigenvalue weighted by molar-refractivity contribution is 0.590. The zero-order chi connectivity index (χ0) is 81.7. The van der Waals surface area contributed by atoms with Crippen molar-refractivity contribution in [3.63, 3.8) is 0 Å². The zero-order valence-corrected chi connectivity index (χ0v) is 69.7. The van der Waals surface area contributed by atoms with E-state index in [0.717, 1.165) is 135 Å². The van der Waals surface area contributed by atoms with Gasteiger partial charge in [-0.05, 0) is 234 Å². The zero-order valence-electron chi connectivity index (χ0n) is 69.7. The molecule has 0 N–H and O–H groups in total. The summed E-state index contributed by atoms with van der Waals surface area (Å²) in [5, 5.41) is 7.35. The van der Waals surface area contributed by atoms with Crippen molar-refractivity contribution < 1.29 is 0 Å². The lowest BCUT2D eigenvalue weighted by atomic mass is 9.33. The first-order chi connectivity index (χ1) is 58.9. The van der Waals surface area contributed by atoms with E-state index in [1.807, 2.05) is 0 Å². The second-order valence-electron chi connectivity index (χ2n) is 36.1. The molecule has 22 rings (SSSR count). The maximum absolute atomic E-state index is 2.74. The Morgan fingerprint density at radius 1 is 0.223 bits per heavy atom. The van der Waals surface area contributed by atoms with E-state index < -0.39 is 0 Å². The Balaban J connectivity index is 0.901. The average molecular weight is 1560 g/mol. The number of nitrogens with zero attached hydrogens (tertiary/aromatic N) is 6. The van der Waals surface area contributed by atoms with Crippen LogP contribution in [0.1, 0.15) is 79.0 Å². The van der Waals surface area contributed by atoms with Crippen molar-refractivity contribution in [2.75, 3.05) is 14.7 Å². The van der Waals surface area contributed by atoms with Gasteiger partial charge in [0.2, 0.25) is 0 Å². The van der Waals surface area contributed by atoms with Gasteiger partial charge in [-0.1, -0.05) is 299 Å². The summed E-state index contributed by atoms with van der Waals surface area (Å²) < 4.78 is 7.53. The standard InChI is InChI=1S/C114H91BN6/c1-112(2,3)80-51-61-104-96(66-80)97-67-81(113(4,5)6)52-62-105(97)119(104)89-72-108-110-109(73-89)121(111-94(76-37-19-12-20-38-76)68-82(114(7,8)9)69-95(111)77-39-21-13-22-40-77)107-71-87(118-102-49-31-27-45-92(102)93-46-28-32-50-103(93)118)58-60-99(107)115(110)98-59-57-86(70-106(98)120(108)88-64-78(74-33-15-10-16-34-74)63-79(65-88)75-35-17-11-18-36-75)116(83-41-23-14-24-42-83)84-53-55-85(56-54-84)117-100-47-29-25-43-90(100)91-44-26-30-48-101(91)117/h10-73H,1-9H3. The van der Waals surface area contributed by atoms with Crippen LogP contribution in [0.5, 0.6) is 0 Å². The van der Waals surface area contributed by atoms with Crippen molar-refractivity contribution in [2.45, 2.75) is 78.6 Å². The summed E-state index contributed by atoms with van der Waals surface area (Å²) in [4.78, 5) is 7.87. The SMILES string of the molecule is CC(C)(C)c1cc(-c2ccccc2)c(N2c3cc(-n4c5ccccc5c5ccccc54)ccc3B3c4ccc(N(c5ccccc5)c5ccc(-n6c7ccccc7c7ccccc76)cc5)cc4N(c4cc(-c5ccccc5)cc(-c5ccccc5)c4)c4cc(-n5c6ccc(C(C)(C)C)cc6c6cc(C(C)(C)C)ccc65)cc2c43)c(-c2ccccc2)c1. The highest BCUT2D eigenvalue weighted by Gasteiger charge is 2.46. The molecule has 580 valence electrons. The Bertz CT molecular complexity index is 7210. The summed E-state index contributed by atoms with van der Waals surface area (Å²) in [5.74, 6) is 0. The molecule has 0 bridgehead atoms. The maximum Gasteiger partial charge on any atom is 0.252 e. The van der Waals surface area contributed by atoms with Crippen LogP contribution in [0.4, 0.5) is 51.2 Å². The van der Waals surface area contributed by atoms with E-state index in [2.05, 4.69) is 479 Å². The molecule has 3 aromatic heterocycles. The smallest absolute Gasteiger partial charge is 0.252 e. The molecule has 0 aliphatic carbocycles. The van der Waals surface area contributed by atoms with Crippen LogP contribution in [0.25, 0.3) is 127 Å². The molecular formula is C114H91BN6. The van der Waals surface area contributed by atoms with Gasteiger partial charge in [0.1, 0.15) is 0 Å². The molecule has 20 aromatic rings. The molecule has 0 fully saturated rings. The monoisotopic (exact) mass is 1550 g/mol. The Morgan fingerprint density at radius 3 is 1.04 bits per heavy atom. The van der Waals surface area contributed by atoms with Crippen molar-refractivity contribution in [3.05, 3.63) is 405 Å². The van der Waals surface area contributed by atoms with Crippen LogP contribution in [0.3, 0.4) is 0 Å². The number of rotatable bonds is 12. The topological polar surface area (TPSA) is 24.5 Å². The molecule has 0 amide bonds. The van der Waals surface area contributed by atoms with Crippen molar-refractivity contribution in [3.8, 4) is 61.6 Å². The van der Waals surface area contributed by atoms with Gasteiger partial charge in [-0.2, -0.15) is 0 Å². The van der Waals surface area contributed by atoms with Gasteiger partial charge in [0.05, 0.1) is 44.5 Å². The molecule has 2 aliphatic heterocycles. The first-order valence-electron chi connectivity index (χ1n) is 42.6. The number of aromatic nitrogens is 3. The van der Waals surface area contributed by atoms with Crippen molar-refractivity contribution in [1.29, 1.82) is 0 Å². The number of para-hydroxylation sites is 5. The van der Waals surface area contributed by atoms with E-state index in [-0.39, 0.29) is 23.0 Å². The molecule has 7 heteroatoms. The largest absolute Gasteiger partial charge is 0.311 e. The van der Waals surface area contributed by atoms with Gasteiger partial charge in [0.25, 0.3) is 6.71 Å². The minimum Gasteiger partial charge on any atom is -0.311 e. The van der Waals surface area contributed by atoms with Crippen molar-refractivity contribution in [2.24, 2.45) is 0 Å². The Labute approximate surface area is 708 Å². The predicted octanol–water partition coefficient (Wildman–Crippen LogP) is 29.1. The molecule has 121 heavy (non-hydrogen) atoms. The highest BCUT2D eigenvalue weighted by atomic mass is 15.2. The summed E-state index contributed by atoms with van der Waals surface area (Å²) in [5.41, 5.74) is 35.7. The summed E-state index contributed by atoms with van der Waals surface area (Å²) in [7, 11) is 0. The van der Waals surface area contributed by atoms with Crippen LogP contribution >= 0.6 is 0 Å². The van der Waals surface area contributed by atoms with Gasteiger partial charge >= 0.3 is 0 Å². The first-order valence-corrected chi connectivity index (χ1v) is 42.6. The molecule has 0 spiro atoms. The average Bonchev–Trinajstić information content (AvgIpc) is 1.30. The highest BCUT2D eigenvalue weighted by molar-refractivity contribution is 7.00. The minimum atomic E-state index is -0.324. The van der Waals surface area contributed by atoms with Gasteiger partial charge in [0.15, 0.2) is 0 Å². The molecule has 5 heterocycles. The number of anilines is 9. The molecule has 0 unspecified atom stereocenters. The van der Waals surface area contributed by atoms with Crippen LogP contribution in [0.2, 0.25) is 0 Å². The van der Waals surface area contributed by atoms with E-state index in [4.69, 9.17) is 0 Å². The van der Waals surface area contributed by atoms with E-state index >= 15 is 0 Å². The fourth-order valence-corrected chi connectivity index (χ4v) is 19.6. The van der Waals surface area contributed by atoms with E-state index in [1.54, 1.807) is 0 Å². The summed E-state index contributed by atoms with van der Waals surface area (Å²) in [6.07, 6.45) is 0. The Morgan fingerprint density at radius 2 is 0.579 bits per heavy atom. The van der Waals surface area contributed by atoms with Gasteiger partial charge in [0, 0.05) is 100 Å². The molecule has 17 aromatic carbocycles. The molecule has 0 radical (unpaired) electrons. The van der Waals surface area contributed by atoms with Gasteiger partial charge in [-0.3, -0.25) is 0 Å². The first kappa shape index (κ1) is 73.0. The maximum atomic E-state index is 2.74. The molecule has 2 aliphatic rings. The third-order valence-electron chi connectivity index (χ3n) is 25.6. The summed E-state index contributed by atoms with van der Waals surface area (Å²) in [6, 6.07) is 147. The second kappa shape index (κ2) is 28.2.